The molecule has 0 heterocycles. The van der Waals surface area contributed by atoms with Crippen LogP contribution in [-0.4, -0.2) is 22.5 Å². The van der Waals surface area contributed by atoms with Crippen LogP contribution in [-0.2, 0) is 0 Å². The minimum Gasteiger partial charge on any atom is -0.872 e. The minimum atomic E-state index is 0.0718. The van der Waals surface area contributed by atoms with Crippen molar-refractivity contribution >= 4 is 22.5 Å². The topological polar surface area (TPSA) is 69.2 Å². The Labute approximate surface area is 151 Å². The maximum absolute atomic E-state index is 10.3. The first-order chi connectivity index (χ1) is 11.2. The molecule has 0 aliphatic rings. The van der Waals surface area contributed by atoms with Crippen LogP contribution >= 0.6 is 0 Å². The molecule has 0 fully saturated rings. The summed E-state index contributed by atoms with van der Waals surface area (Å²) in [7, 11) is 0. The second kappa shape index (κ2) is 14.8. The van der Waals surface area contributed by atoms with E-state index in [9.17, 15) is 15.3 Å². The number of rotatable bonds is 0. The summed E-state index contributed by atoms with van der Waals surface area (Å²) in [5.41, 5.74) is 0. The molecule has 0 unspecified atom stereocenters. The molecular weight excluding hydrogens is 395 g/mol. The third kappa shape index (κ3) is 13.3. The van der Waals surface area contributed by atoms with Crippen LogP contribution in [0, 0.1) is 0 Å². The van der Waals surface area contributed by atoms with Crippen molar-refractivity contribution in [3.63, 3.8) is 0 Å². The van der Waals surface area contributed by atoms with Crippen LogP contribution < -0.4 is 15.3 Å². The third-order valence-electron chi connectivity index (χ3n) is 2.23. The second-order valence-corrected chi connectivity index (χ2v) is 3.94. The van der Waals surface area contributed by atoms with Crippen LogP contribution in [0.5, 0.6) is 17.2 Å². The van der Waals surface area contributed by atoms with Gasteiger partial charge in [-0.05, 0) is 0 Å². The van der Waals surface area contributed by atoms with Gasteiger partial charge in [0.15, 0.2) is 0 Å². The fraction of sp³-hybridized carbons (Fsp3) is 0.0526. The summed E-state index contributed by atoms with van der Waals surface area (Å²) in [5.74, 6) is 0.215. The van der Waals surface area contributed by atoms with Crippen molar-refractivity contribution in [3.8, 4) is 17.2 Å². The van der Waals surface area contributed by atoms with Crippen molar-refractivity contribution in [2.75, 3.05) is 0 Å². The maximum Gasteiger partial charge on any atom is -0.0623 e. The van der Waals surface area contributed by atoms with Gasteiger partial charge >= 0.3 is 27.5 Å². The Morgan fingerprint density at radius 1 is 0.435 bits per heavy atom. The fourth-order valence-electron chi connectivity index (χ4n) is 1.26. The largest absolute Gasteiger partial charge is 0.872 e. The smallest absolute Gasteiger partial charge is 0.0623 e. The first-order valence-corrected chi connectivity index (χ1v) is 9.70. The maximum atomic E-state index is 10.3. The van der Waals surface area contributed by atoms with E-state index in [1.807, 2.05) is 18.2 Å². The fourth-order valence-corrected chi connectivity index (χ4v) is 1.26. The SMILES string of the molecule is [CH3][Sn+3].[O-]c1ccccc1.[O-]c1ccccc1.[O-]c1ccccc1. The summed E-state index contributed by atoms with van der Waals surface area (Å²) in [4.78, 5) is 2.09. The predicted molar refractivity (Wildman–Crippen MR) is 89.3 cm³/mol. The van der Waals surface area contributed by atoms with E-state index in [4.69, 9.17) is 0 Å². The zero-order valence-electron chi connectivity index (χ0n) is 12.9. The normalized spacial score (nSPS) is 8.13. The Bertz CT molecular complexity index is 498. The standard InChI is InChI=1S/3C6H6O.CH3.Sn/c3*7-6-4-2-1-3-5-6;;/h3*1-5,7H;1H3;/q;;;;+3/p-3. The van der Waals surface area contributed by atoms with E-state index in [1.165, 1.54) is 36.4 Å². The molecule has 0 bridgehead atoms. The summed E-state index contributed by atoms with van der Waals surface area (Å²) >= 11 is 1.55. The molecule has 116 valence electrons. The van der Waals surface area contributed by atoms with Crippen molar-refractivity contribution in [3.05, 3.63) is 91.0 Å². The Morgan fingerprint density at radius 3 is 0.696 bits per heavy atom. The minimum absolute atomic E-state index is 0.0718. The van der Waals surface area contributed by atoms with Gasteiger partial charge in [0, 0.05) is 0 Å². The van der Waals surface area contributed by atoms with E-state index in [2.05, 4.69) is 4.94 Å². The molecule has 0 aliphatic carbocycles. The van der Waals surface area contributed by atoms with Crippen LogP contribution in [0.25, 0.3) is 0 Å². The molecule has 0 radical (unpaired) electrons. The van der Waals surface area contributed by atoms with Crippen LogP contribution in [0.2, 0.25) is 4.94 Å². The molecule has 23 heavy (non-hydrogen) atoms. The second-order valence-electron chi connectivity index (χ2n) is 3.94. The monoisotopic (exact) mass is 414 g/mol. The van der Waals surface area contributed by atoms with E-state index in [0.29, 0.717) is 0 Å². The molecule has 0 atom stereocenters. The number of hydrogen-bond donors (Lipinski definition) is 0. The van der Waals surface area contributed by atoms with E-state index in [1.54, 1.807) is 58.9 Å². The molecule has 4 heteroatoms. The van der Waals surface area contributed by atoms with Gasteiger partial charge in [0.05, 0.1) is 0 Å². The molecule has 3 aromatic carbocycles. The van der Waals surface area contributed by atoms with Crippen LogP contribution in [0.3, 0.4) is 0 Å². The Kier molecular flexibility index (Phi) is 13.4. The quantitative estimate of drug-likeness (QED) is 0.532. The van der Waals surface area contributed by atoms with Gasteiger partial charge in [-0.15, -0.1) is 17.2 Å². The average Bonchev–Trinajstić information content (AvgIpc) is 2.60. The van der Waals surface area contributed by atoms with Crippen molar-refractivity contribution in [2.45, 2.75) is 4.94 Å². The van der Waals surface area contributed by atoms with E-state index in [0.717, 1.165) is 0 Å². The summed E-state index contributed by atoms with van der Waals surface area (Å²) in [5, 5.41) is 30.8. The molecule has 3 aromatic rings. The summed E-state index contributed by atoms with van der Waals surface area (Å²) in [6, 6.07) is 25.0. The molecule has 0 aliphatic heterocycles. The molecular formula is C19H18O3Sn. The summed E-state index contributed by atoms with van der Waals surface area (Å²) < 4.78 is 0. The molecule has 3 nitrogen and oxygen atoms in total. The Hall–Kier alpha value is -2.14. The zero-order chi connectivity index (χ0) is 17.3. The van der Waals surface area contributed by atoms with Crippen LogP contribution in [0.15, 0.2) is 91.0 Å². The van der Waals surface area contributed by atoms with Crippen LogP contribution in [0.4, 0.5) is 0 Å². The van der Waals surface area contributed by atoms with E-state index < -0.39 is 0 Å². The molecule has 0 saturated carbocycles. The van der Waals surface area contributed by atoms with Gasteiger partial charge in [-0.25, -0.2) is 0 Å². The van der Waals surface area contributed by atoms with Crippen molar-refractivity contribution < 1.29 is 15.3 Å². The Morgan fingerprint density at radius 2 is 0.609 bits per heavy atom. The van der Waals surface area contributed by atoms with Gasteiger partial charge in [-0.3, -0.25) is 0 Å². The van der Waals surface area contributed by atoms with Gasteiger partial charge in [0.1, 0.15) is 0 Å². The molecule has 0 saturated heterocycles. The van der Waals surface area contributed by atoms with Crippen molar-refractivity contribution in [1.82, 2.24) is 0 Å². The third-order valence-corrected chi connectivity index (χ3v) is 2.23. The molecule has 0 spiro atoms. The van der Waals surface area contributed by atoms with Gasteiger partial charge in [-0.2, -0.15) is 0 Å². The van der Waals surface area contributed by atoms with Gasteiger partial charge in [-0.1, -0.05) is 91.0 Å². The van der Waals surface area contributed by atoms with Crippen molar-refractivity contribution in [1.29, 1.82) is 0 Å². The van der Waals surface area contributed by atoms with Gasteiger partial charge in [0.25, 0.3) is 0 Å². The summed E-state index contributed by atoms with van der Waals surface area (Å²) in [6.45, 7) is 0. The molecule has 0 N–H and O–H groups in total. The number of para-hydroxylation sites is 3. The molecule has 3 rings (SSSR count). The van der Waals surface area contributed by atoms with Gasteiger partial charge < -0.3 is 15.3 Å². The Balaban J connectivity index is 0.000000299. The van der Waals surface area contributed by atoms with E-state index >= 15 is 0 Å². The predicted octanol–water partition coefficient (Wildman–Crippen LogP) is 2.48. The molecule has 0 amide bonds. The average molecular weight is 413 g/mol. The summed E-state index contributed by atoms with van der Waals surface area (Å²) in [6.07, 6.45) is 0. The first kappa shape index (κ1) is 20.9. The van der Waals surface area contributed by atoms with Crippen molar-refractivity contribution in [2.24, 2.45) is 0 Å². The van der Waals surface area contributed by atoms with E-state index in [-0.39, 0.29) is 17.2 Å². The first-order valence-electron chi connectivity index (χ1n) is 6.84. The molecule has 0 aromatic heterocycles. The number of hydrogen-bond acceptors (Lipinski definition) is 3. The van der Waals surface area contributed by atoms with Gasteiger partial charge in [0.2, 0.25) is 0 Å². The van der Waals surface area contributed by atoms with Crippen LogP contribution in [0.1, 0.15) is 0 Å². The number of benzene rings is 3. The zero-order valence-corrected chi connectivity index (χ0v) is 15.7.